The molecule has 0 bridgehead atoms. The molecule has 35 heavy (non-hydrogen) atoms. The van der Waals surface area contributed by atoms with Gasteiger partial charge >= 0.3 is 6.18 Å². The van der Waals surface area contributed by atoms with Gasteiger partial charge in [-0.15, -0.1) is 10.2 Å². The number of rotatable bonds is 3. The molecule has 4 aromatic rings. The van der Waals surface area contributed by atoms with E-state index in [1.165, 1.54) is 13.2 Å². The van der Waals surface area contributed by atoms with Crippen LogP contribution in [-0.4, -0.2) is 7.11 Å². The minimum Gasteiger partial charge on any atom is -0.497 e. The molecule has 12 heteroatoms. The second kappa shape index (κ2) is 10.6. The van der Waals surface area contributed by atoms with Crippen LogP contribution in [0.4, 0.5) is 18.9 Å². The average molecular weight is 530 g/mol. The molecule has 1 aromatic heterocycles. The lowest BCUT2D eigenvalue weighted by Crippen LogP contribution is -2.70. The number of hydrogen-bond donors (Lipinski definition) is 1. The van der Waals surface area contributed by atoms with Crippen molar-refractivity contribution in [1.29, 1.82) is 0 Å². The number of ether oxygens (including phenoxy) is 1. The predicted molar refractivity (Wildman–Crippen MR) is 108 cm³/mol. The van der Waals surface area contributed by atoms with Crippen molar-refractivity contribution in [2.75, 3.05) is 7.11 Å². The second-order valence-corrected chi connectivity index (χ2v) is 8.11. The van der Waals surface area contributed by atoms with Crippen molar-refractivity contribution in [3.8, 4) is 17.1 Å². The van der Waals surface area contributed by atoms with Gasteiger partial charge in [0.1, 0.15) is 17.1 Å². The highest BCUT2D eigenvalue weighted by atomic mass is 35.7. The molecular weight excluding hydrogens is 514 g/mol. The van der Waals surface area contributed by atoms with Gasteiger partial charge in [0.05, 0.1) is 29.1 Å². The molecule has 0 saturated carbocycles. The predicted octanol–water partition coefficient (Wildman–Crippen LogP) is 0.338. The zero-order valence-electron chi connectivity index (χ0n) is 17.8. The highest BCUT2D eigenvalue weighted by molar-refractivity contribution is 6.33. The highest BCUT2D eigenvalue weighted by Gasteiger charge is 2.31. The van der Waals surface area contributed by atoms with Gasteiger partial charge in [0, 0.05) is 17.7 Å². The molecule has 1 N–H and O–H groups in total. The van der Waals surface area contributed by atoms with Crippen molar-refractivity contribution in [1.82, 2.24) is 0 Å². The molecule has 0 aliphatic carbocycles. The number of halogens is 5. The molecule has 3 aromatic carbocycles. The molecule has 0 unspecified atom stereocenters. The third-order valence-electron chi connectivity index (χ3n) is 4.58. The third kappa shape index (κ3) is 7.43. The average Bonchev–Trinajstić information content (AvgIpc) is 2.77. The molecule has 0 aliphatic heterocycles. The fourth-order valence-electron chi connectivity index (χ4n) is 3.12. The number of methoxy groups -OCH3 is 1. The SMILES string of the molecule is COc1ccc2oc(-c3ccccc3Cl)cc(=[NH+]c3cccc(C(F)(F)F)c3)c2c1.[O-][Cl+3]([O-])([O-])[O-]. The van der Waals surface area contributed by atoms with Crippen molar-refractivity contribution in [2.45, 2.75) is 6.18 Å². The molecule has 1 heterocycles. The summed E-state index contributed by atoms with van der Waals surface area (Å²) in [5, 5.41) is 1.71. The summed E-state index contributed by atoms with van der Waals surface area (Å²) in [7, 11) is -3.41. The van der Waals surface area contributed by atoms with Gasteiger partial charge in [-0.2, -0.15) is 13.2 Å². The van der Waals surface area contributed by atoms with Crippen LogP contribution >= 0.6 is 11.6 Å². The Morgan fingerprint density at radius 2 is 1.60 bits per heavy atom. The largest absolute Gasteiger partial charge is 0.497 e. The summed E-state index contributed by atoms with van der Waals surface area (Å²) in [5.74, 6) is 1.07. The Bertz CT molecular complexity index is 1390. The molecule has 0 atom stereocenters. The van der Waals surface area contributed by atoms with E-state index in [2.05, 4.69) is 4.99 Å². The fourth-order valence-corrected chi connectivity index (χ4v) is 3.35. The number of fused-ring (bicyclic) bond motifs is 1. The van der Waals surface area contributed by atoms with E-state index in [4.69, 9.17) is 39.4 Å². The minimum absolute atomic E-state index is 0.297. The zero-order valence-corrected chi connectivity index (χ0v) is 19.3. The first kappa shape index (κ1) is 26.5. The number of nitrogens with one attached hydrogen (secondary N) is 1. The van der Waals surface area contributed by atoms with Crippen LogP contribution in [0.25, 0.3) is 22.3 Å². The summed E-state index contributed by atoms with van der Waals surface area (Å²) in [5.41, 5.74) is 0.762. The van der Waals surface area contributed by atoms with E-state index in [9.17, 15) is 13.2 Å². The molecule has 184 valence electrons. The summed E-state index contributed by atoms with van der Waals surface area (Å²) >= 11 is 6.32. The normalized spacial score (nSPS) is 12.3. The van der Waals surface area contributed by atoms with Crippen molar-refractivity contribution in [2.24, 2.45) is 0 Å². The Kier molecular flexibility index (Phi) is 8.06. The molecule has 0 aliphatic rings. The molecule has 0 fully saturated rings. The molecule has 0 amide bonds. The Hall–Kier alpha value is -3.12. The van der Waals surface area contributed by atoms with Crippen LogP contribution in [0, 0.1) is 10.2 Å². The zero-order chi connectivity index (χ0) is 25.8. The standard InChI is InChI=1S/C23H15ClF3NO2.ClHO4/c1-29-16-9-10-21-18(12-16)20(13-22(30-21)17-7-2-3-8-19(17)24)28-15-6-4-5-14(11-15)23(25,26)27;2-1(3,4)5/h2-13H,1H3;(H,2,3,4,5). The smallest absolute Gasteiger partial charge is 0.416 e. The Labute approximate surface area is 203 Å². The third-order valence-corrected chi connectivity index (χ3v) is 4.91. The van der Waals surface area contributed by atoms with Crippen LogP contribution in [0.5, 0.6) is 5.75 Å². The van der Waals surface area contributed by atoms with Gasteiger partial charge < -0.3 is 9.15 Å². The van der Waals surface area contributed by atoms with E-state index < -0.39 is 22.0 Å². The van der Waals surface area contributed by atoms with Crippen molar-refractivity contribution >= 4 is 28.3 Å². The van der Waals surface area contributed by atoms with Crippen LogP contribution in [0.3, 0.4) is 0 Å². The molecule has 0 saturated heterocycles. The first-order valence-electron chi connectivity index (χ1n) is 9.61. The molecule has 4 rings (SSSR count). The summed E-state index contributed by atoms with van der Waals surface area (Å²) in [6.45, 7) is 0. The van der Waals surface area contributed by atoms with Crippen LogP contribution in [-0.2, 0) is 6.18 Å². The van der Waals surface area contributed by atoms with E-state index in [1.807, 2.05) is 12.1 Å². The lowest BCUT2D eigenvalue weighted by Gasteiger charge is -2.17. The molecule has 7 nitrogen and oxygen atoms in total. The number of benzene rings is 3. The van der Waals surface area contributed by atoms with Crippen LogP contribution in [0.1, 0.15) is 5.56 Å². The maximum Gasteiger partial charge on any atom is 0.416 e. The van der Waals surface area contributed by atoms with Crippen LogP contribution < -0.4 is 33.7 Å². The Morgan fingerprint density at radius 3 is 2.23 bits per heavy atom. The molecular formula is C23H16Cl2F3NO6. The summed E-state index contributed by atoms with van der Waals surface area (Å²) in [4.78, 5) is 3.08. The summed E-state index contributed by atoms with van der Waals surface area (Å²) in [6, 6.07) is 19.2. The van der Waals surface area contributed by atoms with Gasteiger partial charge in [0.2, 0.25) is 11.0 Å². The maximum absolute atomic E-state index is 13.1. The monoisotopic (exact) mass is 529 g/mol. The van der Waals surface area contributed by atoms with E-state index in [1.54, 1.807) is 42.5 Å². The van der Waals surface area contributed by atoms with Gasteiger partial charge in [0.15, 0.2) is 0 Å². The van der Waals surface area contributed by atoms with Gasteiger partial charge in [-0.3, -0.25) is 0 Å². The van der Waals surface area contributed by atoms with E-state index >= 15 is 0 Å². The molecule has 0 radical (unpaired) electrons. The van der Waals surface area contributed by atoms with E-state index in [0.717, 1.165) is 12.1 Å². The lowest BCUT2D eigenvalue weighted by molar-refractivity contribution is -2.00. The van der Waals surface area contributed by atoms with Crippen molar-refractivity contribution < 1.29 is 56.2 Å². The first-order valence-corrected chi connectivity index (χ1v) is 11.2. The topological polar surface area (TPSA) is 129 Å². The lowest BCUT2D eigenvalue weighted by atomic mass is 10.1. The summed E-state index contributed by atoms with van der Waals surface area (Å²) in [6.07, 6.45) is -4.43. The maximum atomic E-state index is 13.1. The second-order valence-electron chi connectivity index (χ2n) is 6.95. The van der Waals surface area contributed by atoms with Gasteiger partial charge in [0.25, 0.3) is 0 Å². The number of alkyl halides is 3. The fraction of sp³-hybridized carbons (Fsp3) is 0.0870. The van der Waals surface area contributed by atoms with Gasteiger partial charge in [-0.25, -0.2) is 23.6 Å². The summed E-state index contributed by atoms with van der Waals surface area (Å²) < 4.78 is 84.6. The van der Waals surface area contributed by atoms with Crippen molar-refractivity contribution in [3.63, 3.8) is 0 Å². The Balaban J connectivity index is 0.000000623. The Morgan fingerprint density at radius 1 is 0.914 bits per heavy atom. The van der Waals surface area contributed by atoms with Crippen LogP contribution in [0.2, 0.25) is 5.02 Å². The van der Waals surface area contributed by atoms with Crippen molar-refractivity contribution in [3.05, 3.63) is 88.7 Å². The van der Waals surface area contributed by atoms with Gasteiger partial charge in [-0.1, -0.05) is 29.8 Å². The minimum atomic E-state index is -4.94. The van der Waals surface area contributed by atoms with Crippen LogP contribution in [0.15, 0.2) is 77.2 Å². The number of hydrogen-bond acceptors (Lipinski definition) is 6. The quantitative estimate of drug-likeness (QED) is 0.407. The van der Waals surface area contributed by atoms with Gasteiger partial charge in [-0.05, 0) is 36.4 Å². The molecule has 0 spiro atoms. The first-order chi connectivity index (χ1) is 16.3. The van der Waals surface area contributed by atoms with E-state index in [-0.39, 0.29) is 0 Å². The highest BCUT2D eigenvalue weighted by Crippen LogP contribution is 2.30. The van der Waals surface area contributed by atoms with E-state index in [0.29, 0.717) is 44.1 Å².